The third-order valence-electron chi connectivity index (χ3n) is 5.98. The Kier molecular flexibility index (Phi) is 5.16. The third kappa shape index (κ3) is 3.63. The van der Waals surface area contributed by atoms with Crippen molar-refractivity contribution in [1.82, 2.24) is 20.2 Å². The number of hydrogen-bond donors (Lipinski definition) is 1. The van der Waals surface area contributed by atoms with Crippen molar-refractivity contribution in [2.45, 2.75) is 38.0 Å². The molecule has 2 aromatic rings. The zero-order valence-corrected chi connectivity index (χ0v) is 17.4. The smallest absolute Gasteiger partial charge is 0.270 e. The molecular formula is C23H22F2N6O. The van der Waals surface area contributed by atoms with Gasteiger partial charge in [-0.15, -0.1) is 0 Å². The molecule has 3 aliphatic rings. The fourth-order valence-corrected chi connectivity index (χ4v) is 4.41. The minimum Gasteiger partial charge on any atom is -0.350 e. The summed E-state index contributed by atoms with van der Waals surface area (Å²) in [5, 5.41) is 8.94. The first kappa shape index (κ1) is 20.3. The molecule has 0 saturated carbocycles. The van der Waals surface area contributed by atoms with Gasteiger partial charge in [-0.1, -0.05) is 6.07 Å². The highest BCUT2D eigenvalue weighted by atomic mass is 19.1. The fraction of sp³-hybridized carbons (Fsp3) is 0.304. The van der Waals surface area contributed by atoms with Gasteiger partial charge in [0.25, 0.3) is 5.91 Å². The summed E-state index contributed by atoms with van der Waals surface area (Å²) in [4.78, 5) is 23.7. The summed E-state index contributed by atoms with van der Waals surface area (Å²) in [7, 11) is 0. The van der Waals surface area contributed by atoms with Crippen molar-refractivity contribution < 1.29 is 13.6 Å². The number of amidine groups is 1. The molecule has 0 radical (unpaired) electrons. The standard InChI is InChI=1S/C23H22F2N6O/c1-14-4-2-9-26-21(14)23(32)28-18-13-27-31-11-8-20(29-22(18)31)30-10-3-5-19(30)16-12-15(24)6-7-17(16)25/h2,4,6-9,11-13,18-19,22H,3,5,10H2,1H3,(H,28,32)/t18?,19-,22?/m1/s1. The second-order valence-corrected chi connectivity index (χ2v) is 8.05. The zero-order valence-electron chi connectivity index (χ0n) is 17.4. The lowest BCUT2D eigenvalue weighted by molar-refractivity contribution is 0.0930. The van der Waals surface area contributed by atoms with Crippen LogP contribution in [0, 0.1) is 18.6 Å². The number of aromatic nitrogens is 1. The highest BCUT2D eigenvalue weighted by molar-refractivity contribution is 5.97. The molecule has 1 aromatic heterocycles. The first-order valence-electron chi connectivity index (χ1n) is 10.5. The van der Waals surface area contributed by atoms with E-state index in [-0.39, 0.29) is 11.9 Å². The molecule has 3 aliphatic heterocycles. The van der Waals surface area contributed by atoms with Gasteiger partial charge in [0, 0.05) is 24.5 Å². The maximum atomic E-state index is 14.4. The molecule has 0 spiro atoms. The summed E-state index contributed by atoms with van der Waals surface area (Å²) in [5.41, 5.74) is 1.47. The molecule has 1 amide bonds. The van der Waals surface area contributed by atoms with E-state index in [9.17, 15) is 13.6 Å². The van der Waals surface area contributed by atoms with Crippen LogP contribution in [0.5, 0.6) is 0 Å². The minimum atomic E-state index is -0.461. The topological polar surface area (TPSA) is 73.2 Å². The van der Waals surface area contributed by atoms with Gasteiger partial charge in [0.1, 0.15) is 29.2 Å². The number of nitrogens with zero attached hydrogens (tertiary/aromatic N) is 5. The lowest BCUT2D eigenvalue weighted by Crippen LogP contribution is -2.47. The number of aliphatic imine (C=N–C) groups is 1. The van der Waals surface area contributed by atoms with Crippen LogP contribution < -0.4 is 5.32 Å². The molecule has 164 valence electrons. The third-order valence-corrected chi connectivity index (χ3v) is 5.98. The molecule has 1 N–H and O–H groups in total. The van der Waals surface area contributed by atoms with Crippen LogP contribution in [-0.2, 0) is 0 Å². The van der Waals surface area contributed by atoms with Gasteiger partial charge < -0.3 is 10.2 Å². The number of rotatable bonds is 3. The van der Waals surface area contributed by atoms with Crippen molar-refractivity contribution in [2.24, 2.45) is 10.1 Å². The Hall–Kier alpha value is -3.62. The van der Waals surface area contributed by atoms with E-state index in [0.29, 0.717) is 30.1 Å². The quantitative estimate of drug-likeness (QED) is 0.802. The molecule has 32 heavy (non-hydrogen) atoms. The van der Waals surface area contributed by atoms with E-state index in [1.165, 1.54) is 6.07 Å². The van der Waals surface area contributed by atoms with Crippen molar-refractivity contribution in [3.05, 3.63) is 77.3 Å². The predicted molar refractivity (Wildman–Crippen MR) is 116 cm³/mol. The predicted octanol–water partition coefficient (Wildman–Crippen LogP) is 3.16. The number of likely N-dealkylation sites (tertiary alicyclic amines) is 1. The van der Waals surface area contributed by atoms with Gasteiger partial charge in [0.15, 0.2) is 6.17 Å². The molecule has 0 aliphatic carbocycles. The highest BCUT2D eigenvalue weighted by Crippen LogP contribution is 2.35. The molecular weight excluding hydrogens is 414 g/mol. The van der Waals surface area contributed by atoms with E-state index in [2.05, 4.69) is 15.4 Å². The number of nitrogens with one attached hydrogen (secondary N) is 1. The lowest BCUT2D eigenvalue weighted by Gasteiger charge is -2.32. The van der Waals surface area contributed by atoms with Crippen LogP contribution in [0.2, 0.25) is 0 Å². The van der Waals surface area contributed by atoms with Crippen LogP contribution in [0.4, 0.5) is 8.78 Å². The first-order chi connectivity index (χ1) is 15.5. The van der Waals surface area contributed by atoms with E-state index < -0.39 is 23.8 Å². The Bertz CT molecular complexity index is 1150. The van der Waals surface area contributed by atoms with Crippen molar-refractivity contribution in [3.63, 3.8) is 0 Å². The summed E-state index contributed by atoms with van der Waals surface area (Å²) in [6.07, 6.45) is 7.92. The van der Waals surface area contributed by atoms with Gasteiger partial charge in [0.2, 0.25) is 0 Å². The second-order valence-electron chi connectivity index (χ2n) is 8.05. The Labute approximate surface area is 184 Å². The molecule has 1 saturated heterocycles. The van der Waals surface area contributed by atoms with Gasteiger partial charge in [-0.25, -0.2) is 18.8 Å². The molecule has 2 unspecified atom stereocenters. The number of hydrazone groups is 1. The summed E-state index contributed by atoms with van der Waals surface area (Å²) in [5.74, 6) is -0.521. The van der Waals surface area contributed by atoms with Crippen molar-refractivity contribution >= 4 is 18.0 Å². The number of carbonyl (C=O) groups is 1. The zero-order chi connectivity index (χ0) is 22.2. The maximum absolute atomic E-state index is 14.4. The normalized spacial score (nSPS) is 24.0. The van der Waals surface area contributed by atoms with Crippen molar-refractivity contribution in [2.75, 3.05) is 6.54 Å². The van der Waals surface area contributed by atoms with E-state index in [0.717, 1.165) is 24.1 Å². The van der Waals surface area contributed by atoms with Gasteiger partial charge in [-0.2, -0.15) is 5.10 Å². The van der Waals surface area contributed by atoms with Crippen LogP contribution >= 0.6 is 0 Å². The minimum absolute atomic E-state index is 0.298. The molecule has 9 heteroatoms. The van der Waals surface area contributed by atoms with Gasteiger partial charge in [-0.3, -0.25) is 9.78 Å². The Balaban J connectivity index is 1.37. The fourth-order valence-electron chi connectivity index (χ4n) is 4.41. The number of carbonyl (C=O) groups excluding carboxylic acids is 1. The molecule has 4 heterocycles. The number of pyridine rings is 1. The van der Waals surface area contributed by atoms with Gasteiger partial charge in [0.05, 0.1) is 12.3 Å². The monoisotopic (exact) mass is 436 g/mol. The summed E-state index contributed by atoms with van der Waals surface area (Å²) < 4.78 is 28.2. The van der Waals surface area contributed by atoms with Gasteiger partial charge >= 0.3 is 0 Å². The molecule has 0 bridgehead atoms. The highest BCUT2D eigenvalue weighted by Gasteiger charge is 2.37. The SMILES string of the molecule is Cc1cccnc1C(=O)NC1C=NN2C=CC(N3CCC[C@@H]3c3cc(F)ccc3F)=NC12. The molecule has 1 fully saturated rings. The number of hydrogen-bond acceptors (Lipinski definition) is 6. The Morgan fingerprint density at radius 3 is 2.97 bits per heavy atom. The van der Waals surface area contributed by atoms with Crippen molar-refractivity contribution in [3.8, 4) is 0 Å². The van der Waals surface area contributed by atoms with E-state index >= 15 is 0 Å². The number of benzene rings is 1. The van der Waals surface area contributed by atoms with E-state index in [1.807, 2.05) is 24.0 Å². The van der Waals surface area contributed by atoms with Crippen LogP contribution in [0.25, 0.3) is 0 Å². The second kappa shape index (κ2) is 8.14. The Morgan fingerprint density at radius 1 is 1.25 bits per heavy atom. The van der Waals surface area contributed by atoms with Crippen LogP contribution in [0.3, 0.4) is 0 Å². The molecule has 3 atom stereocenters. The van der Waals surface area contributed by atoms with Crippen LogP contribution in [-0.4, -0.2) is 51.6 Å². The largest absolute Gasteiger partial charge is 0.350 e. The van der Waals surface area contributed by atoms with Crippen LogP contribution in [0.1, 0.15) is 40.5 Å². The van der Waals surface area contributed by atoms with Crippen LogP contribution in [0.15, 0.2) is 58.9 Å². The summed E-state index contributed by atoms with van der Waals surface area (Å²) in [6.45, 7) is 2.51. The van der Waals surface area contributed by atoms with Gasteiger partial charge in [-0.05, 0) is 55.7 Å². The Morgan fingerprint density at radius 2 is 2.12 bits per heavy atom. The maximum Gasteiger partial charge on any atom is 0.270 e. The molecule has 7 nitrogen and oxygen atoms in total. The van der Waals surface area contributed by atoms with E-state index in [4.69, 9.17) is 4.99 Å². The average molecular weight is 436 g/mol. The van der Waals surface area contributed by atoms with Crippen molar-refractivity contribution in [1.29, 1.82) is 0 Å². The molecule has 1 aromatic carbocycles. The average Bonchev–Trinajstić information content (AvgIpc) is 3.43. The number of aryl methyl sites for hydroxylation is 1. The van der Waals surface area contributed by atoms with E-state index in [1.54, 1.807) is 29.7 Å². The summed E-state index contributed by atoms with van der Waals surface area (Å²) in [6, 6.07) is 6.41. The summed E-state index contributed by atoms with van der Waals surface area (Å²) >= 11 is 0. The first-order valence-corrected chi connectivity index (χ1v) is 10.5. The molecule has 5 rings (SSSR count). The number of amides is 1. The number of fused-ring (bicyclic) bond motifs is 1. The lowest BCUT2D eigenvalue weighted by atomic mass is 10.0. The number of halogens is 2.